The molecule has 2 aromatic rings. The molecule has 1 N–H and O–H groups in total. The summed E-state index contributed by atoms with van der Waals surface area (Å²) in [5.74, 6) is -0.443. The van der Waals surface area contributed by atoms with E-state index in [9.17, 15) is 9.59 Å². The highest BCUT2D eigenvalue weighted by Gasteiger charge is 2.35. The normalized spacial score (nSPS) is 17.0. The molecule has 5 heteroatoms. The molecule has 1 fully saturated rings. The van der Waals surface area contributed by atoms with Crippen molar-refractivity contribution in [2.75, 3.05) is 16.8 Å². The Morgan fingerprint density at radius 1 is 1.12 bits per heavy atom. The fourth-order valence-electron chi connectivity index (χ4n) is 3.23. The van der Waals surface area contributed by atoms with E-state index in [-0.39, 0.29) is 24.2 Å². The smallest absolute Gasteiger partial charge is 0.229 e. The van der Waals surface area contributed by atoms with Gasteiger partial charge in [-0.2, -0.15) is 0 Å². The number of hydrogen-bond acceptors (Lipinski definition) is 2. The molecule has 0 radical (unpaired) electrons. The van der Waals surface area contributed by atoms with Crippen molar-refractivity contribution in [2.24, 2.45) is 5.92 Å². The third-order valence-electron chi connectivity index (χ3n) is 4.59. The predicted molar refractivity (Wildman–Crippen MR) is 104 cm³/mol. The molecule has 1 saturated heterocycles. The Kier molecular flexibility index (Phi) is 4.95. The maximum atomic E-state index is 12.6. The minimum absolute atomic E-state index is 0.000342. The van der Waals surface area contributed by atoms with Gasteiger partial charge in [0.25, 0.3) is 0 Å². The summed E-state index contributed by atoms with van der Waals surface area (Å²) in [5.41, 5.74) is 4.88. The molecule has 4 nitrogen and oxygen atoms in total. The van der Waals surface area contributed by atoms with E-state index in [0.717, 1.165) is 32.5 Å². The van der Waals surface area contributed by atoms with Crippen LogP contribution in [0.2, 0.25) is 0 Å². The highest BCUT2D eigenvalue weighted by molar-refractivity contribution is 9.10. The van der Waals surface area contributed by atoms with Gasteiger partial charge in [0.2, 0.25) is 11.8 Å². The van der Waals surface area contributed by atoms with Crippen LogP contribution in [0, 0.1) is 26.7 Å². The average Bonchev–Trinajstić information content (AvgIpc) is 2.92. The largest absolute Gasteiger partial charge is 0.326 e. The van der Waals surface area contributed by atoms with Crippen molar-refractivity contribution in [3.63, 3.8) is 0 Å². The highest BCUT2D eigenvalue weighted by Crippen LogP contribution is 2.29. The Bertz CT molecular complexity index is 848. The van der Waals surface area contributed by atoms with Crippen LogP contribution in [0.1, 0.15) is 23.1 Å². The van der Waals surface area contributed by atoms with Gasteiger partial charge in [0.1, 0.15) is 0 Å². The molecule has 0 bridgehead atoms. The van der Waals surface area contributed by atoms with Crippen molar-refractivity contribution in [1.82, 2.24) is 0 Å². The summed E-state index contributed by atoms with van der Waals surface area (Å²) in [6, 6.07) is 11.7. The lowest BCUT2D eigenvalue weighted by molar-refractivity contribution is -0.122. The van der Waals surface area contributed by atoms with E-state index in [1.54, 1.807) is 4.90 Å². The van der Waals surface area contributed by atoms with Crippen LogP contribution in [0.25, 0.3) is 0 Å². The van der Waals surface area contributed by atoms with Gasteiger partial charge in [-0.1, -0.05) is 33.6 Å². The molecule has 25 heavy (non-hydrogen) atoms. The van der Waals surface area contributed by atoms with Crippen LogP contribution in [0.5, 0.6) is 0 Å². The van der Waals surface area contributed by atoms with Crippen molar-refractivity contribution in [3.8, 4) is 0 Å². The molecule has 3 rings (SSSR count). The fourth-order valence-corrected chi connectivity index (χ4v) is 3.70. The first kappa shape index (κ1) is 17.7. The first-order valence-electron chi connectivity index (χ1n) is 8.30. The molecule has 1 aliphatic rings. The summed E-state index contributed by atoms with van der Waals surface area (Å²) in [6.45, 7) is 6.39. The van der Waals surface area contributed by atoms with Gasteiger partial charge >= 0.3 is 0 Å². The monoisotopic (exact) mass is 400 g/mol. The summed E-state index contributed by atoms with van der Waals surface area (Å²) in [6.07, 6.45) is 0.245. The number of amides is 2. The molecule has 0 unspecified atom stereocenters. The van der Waals surface area contributed by atoms with Crippen LogP contribution in [-0.4, -0.2) is 18.4 Å². The fraction of sp³-hybridized carbons (Fsp3) is 0.300. The number of nitrogens with zero attached hydrogens (tertiary/aromatic N) is 1. The maximum absolute atomic E-state index is 12.6. The lowest BCUT2D eigenvalue weighted by Crippen LogP contribution is -2.28. The number of aryl methyl sites for hydroxylation is 3. The maximum Gasteiger partial charge on any atom is 0.229 e. The molecular weight excluding hydrogens is 380 g/mol. The van der Waals surface area contributed by atoms with Crippen LogP contribution in [-0.2, 0) is 9.59 Å². The summed E-state index contributed by atoms with van der Waals surface area (Å²) in [7, 11) is 0. The Morgan fingerprint density at radius 2 is 1.88 bits per heavy atom. The number of carbonyl (C=O) groups excluding carboxylic acids is 2. The zero-order chi connectivity index (χ0) is 18.1. The quantitative estimate of drug-likeness (QED) is 0.831. The van der Waals surface area contributed by atoms with E-state index >= 15 is 0 Å². The van der Waals surface area contributed by atoms with Crippen molar-refractivity contribution < 1.29 is 9.59 Å². The Balaban J connectivity index is 1.74. The number of rotatable bonds is 3. The number of nitrogens with one attached hydrogen (secondary N) is 1. The molecule has 0 spiro atoms. The molecule has 2 amide bonds. The van der Waals surface area contributed by atoms with Gasteiger partial charge in [0.05, 0.1) is 5.92 Å². The van der Waals surface area contributed by atoms with Crippen LogP contribution in [0.4, 0.5) is 11.4 Å². The van der Waals surface area contributed by atoms with E-state index < -0.39 is 0 Å². The van der Waals surface area contributed by atoms with Gasteiger partial charge < -0.3 is 10.2 Å². The summed E-state index contributed by atoms with van der Waals surface area (Å²) >= 11 is 3.42. The first-order chi connectivity index (χ1) is 11.8. The Labute approximate surface area is 156 Å². The number of hydrogen-bond donors (Lipinski definition) is 1. The minimum atomic E-state index is -0.337. The number of carbonyl (C=O) groups is 2. The second kappa shape index (κ2) is 7.00. The topological polar surface area (TPSA) is 49.4 Å². The standard InChI is InChI=1S/C20H21BrN2O2/c1-12-4-7-18(14(3)8-12)23-11-15(10-19(23)24)20(25)22-17-6-5-16(21)9-13(17)2/h4-9,15H,10-11H2,1-3H3,(H,22,25)/t15-/m0/s1. The average molecular weight is 401 g/mol. The van der Waals surface area contributed by atoms with Gasteiger partial charge in [-0.05, 0) is 56.2 Å². The lowest BCUT2D eigenvalue weighted by Gasteiger charge is -2.19. The van der Waals surface area contributed by atoms with E-state index in [2.05, 4.69) is 27.3 Å². The van der Waals surface area contributed by atoms with Crippen LogP contribution in [0.3, 0.4) is 0 Å². The second-order valence-corrected chi connectivity index (χ2v) is 7.56. The van der Waals surface area contributed by atoms with Crippen molar-refractivity contribution in [2.45, 2.75) is 27.2 Å². The second-order valence-electron chi connectivity index (χ2n) is 6.64. The lowest BCUT2D eigenvalue weighted by atomic mass is 10.1. The van der Waals surface area contributed by atoms with Crippen molar-refractivity contribution >= 4 is 39.1 Å². The van der Waals surface area contributed by atoms with Crippen LogP contribution >= 0.6 is 15.9 Å². The van der Waals surface area contributed by atoms with Gasteiger partial charge in [-0.15, -0.1) is 0 Å². The zero-order valence-corrected chi connectivity index (χ0v) is 16.2. The molecule has 130 valence electrons. The molecular formula is C20H21BrN2O2. The number of halogens is 1. The summed E-state index contributed by atoms with van der Waals surface area (Å²) in [5, 5.41) is 2.96. The van der Waals surface area contributed by atoms with Gasteiger partial charge in [0, 0.05) is 28.8 Å². The van der Waals surface area contributed by atoms with E-state index in [4.69, 9.17) is 0 Å². The zero-order valence-electron chi connectivity index (χ0n) is 14.6. The van der Waals surface area contributed by atoms with Gasteiger partial charge in [0.15, 0.2) is 0 Å². The third-order valence-corrected chi connectivity index (χ3v) is 5.08. The summed E-state index contributed by atoms with van der Waals surface area (Å²) in [4.78, 5) is 26.8. The molecule has 0 aromatic heterocycles. The van der Waals surface area contributed by atoms with Gasteiger partial charge in [-0.3, -0.25) is 9.59 Å². The Morgan fingerprint density at radius 3 is 2.56 bits per heavy atom. The SMILES string of the molecule is Cc1ccc(N2C[C@@H](C(=O)Nc3ccc(Br)cc3C)CC2=O)c(C)c1. The van der Waals surface area contributed by atoms with Crippen molar-refractivity contribution in [1.29, 1.82) is 0 Å². The van der Waals surface area contributed by atoms with Crippen molar-refractivity contribution in [3.05, 3.63) is 57.6 Å². The molecule has 1 heterocycles. The first-order valence-corrected chi connectivity index (χ1v) is 9.09. The third kappa shape index (κ3) is 3.76. The van der Waals surface area contributed by atoms with E-state index in [0.29, 0.717) is 6.54 Å². The molecule has 0 aliphatic carbocycles. The predicted octanol–water partition coefficient (Wildman–Crippen LogP) is 4.37. The number of anilines is 2. The molecule has 2 aromatic carbocycles. The van der Waals surface area contributed by atoms with Crippen LogP contribution < -0.4 is 10.2 Å². The van der Waals surface area contributed by atoms with E-state index in [1.165, 1.54) is 0 Å². The van der Waals surface area contributed by atoms with E-state index in [1.807, 2.05) is 51.1 Å². The van der Waals surface area contributed by atoms with Gasteiger partial charge in [-0.25, -0.2) is 0 Å². The Hall–Kier alpha value is -2.14. The minimum Gasteiger partial charge on any atom is -0.326 e. The number of benzene rings is 2. The van der Waals surface area contributed by atoms with Crippen LogP contribution in [0.15, 0.2) is 40.9 Å². The summed E-state index contributed by atoms with van der Waals surface area (Å²) < 4.78 is 0.972. The molecule has 0 saturated carbocycles. The molecule has 1 aliphatic heterocycles. The molecule has 1 atom stereocenters. The highest BCUT2D eigenvalue weighted by atomic mass is 79.9.